The second-order valence-electron chi connectivity index (χ2n) is 9.71. The van der Waals surface area contributed by atoms with Crippen LogP contribution in [0, 0.1) is 13.8 Å². The third-order valence-corrected chi connectivity index (χ3v) is 9.34. The van der Waals surface area contributed by atoms with Crippen molar-refractivity contribution in [2.75, 3.05) is 18.4 Å². The lowest BCUT2D eigenvalue weighted by Gasteiger charge is -2.42. The standard InChI is InChI=1S/C25H30N6OS2/c1-15-23(34-16(2)27-15)21-14-33-25(28-21)29-22-8-5-17(13-26-22)24(32)31-18-6-7-19(31)12-20(11-18)30-9-3-4-10-30/h5,8,13-14,18-20H,3-4,6-7,9-12H2,1-2H3,(H,26,28,29)/t18-,19?,20+/m0/s1. The maximum atomic E-state index is 13.4. The van der Waals surface area contributed by atoms with Gasteiger partial charge in [0, 0.05) is 29.7 Å². The van der Waals surface area contributed by atoms with E-state index in [0.29, 0.717) is 29.5 Å². The Morgan fingerprint density at radius 1 is 1.06 bits per heavy atom. The molecule has 1 N–H and O–H groups in total. The third-order valence-electron chi connectivity index (χ3n) is 7.49. The molecule has 6 heterocycles. The number of thiazole rings is 2. The SMILES string of the molecule is Cc1nc(C)c(-c2csc(Nc3ccc(C(=O)N4C5CC[C@H]4C[C@@H](N4CCCC4)C5)cn3)n2)s1. The van der Waals surface area contributed by atoms with Gasteiger partial charge in [0.2, 0.25) is 0 Å². The minimum Gasteiger partial charge on any atom is -0.333 e. The summed E-state index contributed by atoms with van der Waals surface area (Å²) in [6.07, 6.45) is 8.89. The molecule has 9 heteroatoms. The van der Waals surface area contributed by atoms with Gasteiger partial charge in [0.05, 0.1) is 26.8 Å². The first-order chi connectivity index (χ1) is 16.5. The van der Waals surface area contributed by atoms with Crippen LogP contribution in [0.5, 0.6) is 0 Å². The summed E-state index contributed by atoms with van der Waals surface area (Å²) < 4.78 is 0. The average Bonchev–Trinajstić information content (AvgIpc) is 3.62. The number of carbonyl (C=O) groups excluding carboxylic acids is 1. The molecule has 7 nitrogen and oxygen atoms in total. The van der Waals surface area contributed by atoms with E-state index in [9.17, 15) is 4.79 Å². The maximum Gasteiger partial charge on any atom is 0.255 e. The number of carbonyl (C=O) groups is 1. The highest BCUT2D eigenvalue weighted by atomic mass is 32.1. The van der Waals surface area contributed by atoms with Crippen molar-refractivity contribution >= 4 is 39.5 Å². The van der Waals surface area contributed by atoms with Gasteiger partial charge in [-0.15, -0.1) is 22.7 Å². The van der Waals surface area contributed by atoms with Crippen LogP contribution in [0.2, 0.25) is 0 Å². The molecular weight excluding hydrogens is 464 g/mol. The van der Waals surface area contributed by atoms with E-state index in [0.717, 1.165) is 52.1 Å². The molecule has 3 aliphatic heterocycles. The summed E-state index contributed by atoms with van der Waals surface area (Å²) in [6.45, 7) is 6.51. The largest absolute Gasteiger partial charge is 0.333 e. The van der Waals surface area contributed by atoms with Crippen molar-refractivity contribution in [2.24, 2.45) is 0 Å². The van der Waals surface area contributed by atoms with Crippen molar-refractivity contribution in [1.82, 2.24) is 24.8 Å². The molecule has 2 bridgehead atoms. The van der Waals surface area contributed by atoms with E-state index in [-0.39, 0.29) is 5.91 Å². The molecule has 0 radical (unpaired) electrons. The fraction of sp³-hybridized carbons (Fsp3) is 0.520. The number of hydrogen-bond acceptors (Lipinski definition) is 8. The van der Waals surface area contributed by atoms with Crippen molar-refractivity contribution in [2.45, 2.75) is 70.5 Å². The van der Waals surface area contributed by atoms with E-state index in [4.69, 9.17) is 4.98 Å². The normalized spacial score (nSPS) is 24.6. The number of rotatable bonds is 5. The summed E-state index contributed by atoms with van der Waals surface area (Å²) in [4.78, 5) is 33.1. The molecule has 3 aliphatic rings. The van der Waals surface area contributed by atoms with Gasteiger partial charge in [-0.05, 0) is 77.6 Å². The molecule has 3 aromatic rings. The topological polar surface area (TPSA) is 74.2 Å². The Kier molecular flexibility index (Phi) is 5.87. The highest BCUT2D eigenvalue weighted by Gasteiger charge is 2.45. The minimum absolute atomic E-state index is 0.138. The van der Waals surface area contributed by atoms with E-state index in [1.165, 1.54) is 25.9 Å². The Balaban J connectivity index is 1.11. The molecule has 178 valence electrons. The Bertz CT molecular complexity index is 1170. The number of fused-ring (bicyclic) bond motifs is 2. The van der Waals surface area contributed by atoms with Gasteiger partial charge in [-0.3, -0.25) is 4.79 Å². The molecule has 3 atom stereocenters. The van der Waals surface area contributed by atoms with E-state index < -0.39 is 0 Å². The predicted octanol–water partition coefficient (Wildman–Crippen LogP) is 5.25. The number of amides is 1. The molecular formula is C25H30N6OS2. The lowest BCUT2D eigenvalue weighted by Crippen LogP contribution is -2.52. The Labute approximate surface area is 208 Å². The second-order valence-corrected chi connectivity index (χ2v) is 11.8. The number of aromatic nitrogens is 3. The molecule has 1 unspecified atom stereocenters. The zero-order valence-electron chi connectivity index (χ0n) is 19.7. The van der Waals surface area contributed by atoms with Crippen LogP contribution in [-0.2, 0) is 0 Å². The molecule has 3 fully saturated rings. The van der Waals surface area contributed by atoms with Gasteiger partial charge in [0.25, 0.3) is 5.91 Å². The Hall–Kier alpha value is -2.36. The molecule has 6 rings (SSSR count). The molecule has 0 saturated carbocycles. The van der Waals surface area contributed by atoms with Crippen LogP contribution in [0.3, 0.4) is 0 Å². The summed E-state index contributed by atoms with van der Waals surface area (Å²) in [5, 5.41) is 7.16. The Morgan fingerprint density at radius 3 is 2.47 bits per heavy atom. The van der Waals surface area contributed by atoms with Gasteiger partial charge in [-0.1, -0.05) is 0 Å². The lowest BCUT2D eigenvalue weighted by molar-refractivity contribution is 0.0441. The molecule has 0 aliphatic carbocycles. The molecule has 0 aromatic carbocycles. The lowest BCUT2D eigenvalue weighted by atomic mass is 9.95. The van der Waals surface area contributed by atoms with Gasteiger partial charge in [0.15, 0.2) is 5.13 Å². The van der Waals surface area contributed by atoms with Crippen molar-refractivity contribution < 1.29 is 4.79 Å². The smallest absolute Gasteiger partial charge is 0.255 e. The van der Waals surface area contributed by atoms with E-state index in [2.05, 4.69) is 25.1 Å². The summed E-state index contributed by atoms with van der Waals surface area (Å²) >= 11 is 3.21. The molecule has 1 amide bonds. The monoisotopic (exact) mass is 494 g/mol. The number of pyridine rings is 1. The highest BCUT2D eigenvalue weighted by Crippen LogP contribution is 2.39. The Morgan fingerprint density at radius 2 is 1.82 bits per heavy atom. The molecule has 3 saturated heterocycles. The van der Waals surface area contributed by atoms with E-state index in [1.807, 2.05) is 31.4 Å². The zero-order valence-corrected chi connectivity index (χ0v) is 21.3. The van der Waals surface area contributed by atoms with Gasteiger partial charge in [-0.25, -0.2) is 15.0 Å². The first-order valence-corrected chi connectivity index (χ1v) is 13.9. The number of nitrogens with zero attached hydrogens (tertiary/aromatic N) is 5. The van der Waals surface area contributed by atoms with Gasteiger partial charge in [-0.2, -0.15) is 0 Å². The van der Waals surface area contributed by atoms with Crippen LogP contribution in [0.25, 0.3) is 10.6 Å². The fourth-order valence-corrected chi connectivity index (χ4v) is 7.61. The molecule has 3 aromatic heterocycles. The predicted molar refractivity (Wildman–Crippen MR) is 137 cm³/mol. The van der Waals surface area contributed by atoms with Gasteiger partial charge < -0.3 is 15.1 Å². The van der Waals surface area contributed by atoms with Crippen LogP contribution >= 0.6 is 22.7 Å². The maximum absolute atomic E-state index is 13.4. The van der Waals surface area contributed by atoms with Crippen LogP contribution in [0.4, 0.5) is 10.9 Å². The molecule has 34 heavy (non-hydrogen) atoms. The average molecular weight is 495 g/mol. The van der Waals surface area contributed by atoms with Gasteiger partial charge >= 0.3 is 0 Å². The number of anilines is 2. The number of nitrogens with one attached hydrogen (secondary N) is 1. The van der Waals surface area contributed by atoms with Crippen LogP contribution < -0.4 is 5.32 Å². The van der Waals surface area contributed by atoms with Crippen LogP contribution in [0.15, 0.2) is 23.7 Å². The summed E-state index contributed by atoms with van der Waals surface area (Å²) in [7, 11) is 0. The van der Waals surface area contributed by atoms with Crippen molar-refractivity contribution in [3.8, 4) is 10.6 Å². The van der Waals surface area contributed by atoms with E-state index >= 15 is 0 Å². The number of hydrogen-bond donors (Lipinski definition) is 1. The summed E-state index contributed by atoms with van der Waals surface area (Å²) in [6, 6.07) is 5.20. The quantitative estimate of drug-likeness (QED) is 0.522. The minimum atomic E-state index is 0.138. The third kappa shape index (κ3) is 4.14. The van der Waals surface area contributed by atoms with Crippen molar-refractivity contribution in [1.29, 1.82) is 0 Å². The first kappa shape index (κ1) is 22.1. The number of piperidine rings is 1. The van der Waals surface area contributed by atoms with Crippen molar-refractivity contribution in [3.63, 3.8) is 0 Å². The van der Waals surface area contributed by atoms with E-state index in [1.54, 1.807) is 28.9 Å². The summed E-state index contributed by atoms with van der Waals surface area (Å²) in [5.41, 5.74) is 2.63. The highest BCUT2D eigenvalue weighted by molar-refractivity contribution is 7.16. The summed E-state index contributed by atoms with van der Waals surface area (Å²) in [5.74, 6) is 0.837. The number of aryl methyl sites for hydroxylation is 2. The van der Waals surface area contributed by atoms with Crippen LogP contribution in [-0.4, -0.2) is 61.9 Å². The number of likely N-dealkylation sites (tertiary alicyclic amines) is 1. The zero-order chi connectivity index (χ0) is 23.2. The molecule has 0 spiro atoms. The van der Waals surface area contributed by atoms with Crippen LogP contribution in [0.1, 0.15) is 59.6 Å². The van der Waals surface area contributed by atoms with Crippen molar-refractivity contribution in [3.05, 3.63) is 40.0 Å². The first-order valence-electron chi connectivity index (χ1n) is 12.2. The fourth-order valence-electron chi connectivity index (χ4n) is 5.94. The second kappa shape index (κ2) is 9.02. The van der Waals surface area contributed by atoms with Gasteiger partial charge in [0.1, 0.15) is 5.82 Å².